The van der Waals surface area contributed by atoms with Gasteiger partial charge in [-0.15, -0.1) is 0 Å². The predicted octanol–water partition coefficient (Wildman–Crippen LogP) is 4.33. The van der Waals surface area contributed by atoms with Crippen molar-refractivity contribution in [2.45, 2.75) is 65.4 Å². The number of hydrogen-bond acceptors (Lipinski definition) is 1. The molecule has 0 aliphatic rings. The molecule has 0 aliphatic heterocycles. The quantitative estimate of drug-likeness (QED) is 0.553. The lowest BCUT2D eigenvalue weighted by Gasteiger charge is -2.26. The monoisotopic (exact) mass is 198 g/mol. The summed E-state index contributed by atoms with van der Waals surface area (Å²) in [6, 6.07) is 0. The van der Waals surface area contributed by atoms with E-state index in [1.807, 2.05) is 7.11 Å². The number of allylic oxidation sites excluding steroid dienone is 2. The molecule has 0 rings (SSSR count). The fraction of sp³-hybridized carbons (Fsp3) is 0.846. The molecule has 1 heteroatoms. The van der Waals surface area contributed by atoms with E-state index in [1.165, 1.54) is 18.4 Å². The zero-order chi connectivity index (χ0) is 11.0. The minimum atomic E-state index is 0.0724. The van der Waals surface area contributed by atoms with E-state index in [-0.39, 0.29) is 5.60 Å². The van der Waals surface area contributed by atoms with Crippen molar-refractivity contribution in [2.75, 3.05) is 7.11 Å². The maximum atomic E-state index is 5.50. The minimum Gasteiger partial charge on any atom is -0.379 e. The van der Waals surface area contributed by atoms with Crippen LogP contribution in [0, 0.1) is 0 Å². The van der Waals surface area contributed by atoms with Crippen LogP contribution in [-0.4, -0.2) is 12.7 Å². The van der Waals surface area contributed by atoms with Crippen LogP contribution in [0.4, 0.5) is 0 Å². The van der Waals surface area contributed by atoms with Crippen LogP contribution in [0.25, 0.3) is 0 Å². The van der Waals surface area contributed by atoms with Crippen molar-refractivity contribution >= 4 is 0 Å². The van der Waals surface area contributed by atoms with Gasteiger partial charge in [-0.2, -0.15) is 0 Å². The van der Waals surface area contributed by atoms with Crippen molar-refractivity contribution in [3.05, 3.63) is 11.6 Å². The third-order valence-corrected chi connectivity index (χ3v) is 3.05. The Morgan fingerprint density at radius 1 is 1.36 bits per heavy atom. The van der Waals surface area contributed by atoms with Crippen LogP contribution in [0.2, 0.25) is 0 Å². The molecule has 1 atom stereocenters. The van der Waals surface area contributed by atoms with Gasteiger partial charge in [0.2, 0.25) is 0 Å². The first-order valence-electron chi connectivity index (χ1n) is 5.78. The predicted molar refractivity (Wildman–Crippen MR) is 63.6 cm³/mol. The lowest BCUT2D eigenvalue weighted by Crippen LogP contribution is -2.25. The van der Waals surface area contributed by atoms with E-state index in [2.05, 4.69) is 33.8 Å². The summed E-state index contributed by atoms with van der Waals surface area (Å²) in [5, 5.41) is 0. The molecule has 0 aromatic heterocycles. The van der Waals surface area contributed by atoms with Crippen molar-refractivity contribution in [1.29, 1.82) is 0 Å². The lowest BCUT2D eigenvalue weighted by atomic mass is 9.96. The van der Waals surface area contributed by atoms with Gasteiger partial charge in [0.15, 0.2) is 0 Å². The number of methoxy groups -OCH3 is 1. The van der Waals surface area contributed by atoms with Gasteiger partial charge in [-0.05, 0) is 39.5 Å². The summed E-state index contributed by atoms with van der Waals surface area (Å²) in [7, 11) is 1.81. The number of ether oxygens (including phenoxy) is 1. The second-order valence-corrected chi connectivity index (χ2v) is 4.35. The average molecular weight is 198 g/mol. The Morgan fingerprint density at radius 2 is 2.00 bits per heavy atom. The third kappa shape index (κ3) is 5.43. The van der Waals surface area contributed by atoms with E-state index in [0.717, 1.165) is 19.3 Å². The lowest BCUT2D eigenvalue weighted by molar-refractivity contribution is -0.00343. The second kappa shape index (κ2) is 7.05. The molecule has 0 aliphatic carbocycles. The van der Waals surface area contributed by atoms with Gasteiger partial charge in [0.1, 0.15) is 0 Å². The summed E-state index contributed by atoms with van der Waals surface area (Å²) >= 11 is 0. The molecular formula is C13H26O. The van der Waals surface area contributed by atoms with Crippen LogP contribution < -0.4 is 0 Å². The minimum absolute atomic E-state index is 0.0724. The molecule has 84 valence electrons. The summed E-state index contributed by atoms with van der Waals surface area (Å²) in [4.78, 5) is 0. The molecule has 14 heavy (non-hydrogen) atoms. The highest BCUT2D eigenvalue weighted by Crippen LogP contribution is 2.21. The molecule has 0 radical (unpaired) electrons. The largest absolute Gasteiger partial charge is 0.379 e. The van der Waals surface area contributed by atoms with Gasteiger partial charge in [0.25, 0.3) is 0 Å². The van der Waals surface area contributed by atoms with Crippen LogP contribution >= 0.6 is 0 Å². The molecular weight excluding hydrogens is 172 g/mol. The molecule has 0 aromatic rings. The first-order chi connectivity index (χ1) is 6.58. The Morgan fingerprint density at radius 3 is 2.43 bits per heavy atom. The Balaban J connectivity index is 3.87. The van der Waals surface area contributed by atoms with Gasteiger partial charge >= 0.3 is 0 Å². The molecule has 0 amide bonds. The summed E-state index contributed by atoms with van der Waals surface area (Å²) in [6.07, 6.45) is 8.19. The van der Waals surface area contributed by atoms with E-state index in [9.17, 15) is 0 Å². The van der Waals surface area contributed by atoms with Gasteiger partial charge in [0.05, 0.1) is 5.60 Å². The normalized spacial score (nSPS) is 16.8. The van der Waals surface area contributed by atoms with E-state index >= 15 is 0 Å². The molecule has 0 fully saturated rings. The Hall–Kier alpha value is -0.300. The van der Waals surface area contributed by atoms with Crippen LogP contribution in [0.1, 0.15) is 59.8 Å². The van der Waals surface area contributed by atoms with Crippen LogP contribution in [0.5, 0.6) is 0 Å². The SMILES string of the molecule is CCC/C(C)=C/CCC(C)(CC)OC. The summed E-state index contributed by atoms with van der Waals surface area (Å²) in [6.45, 7) is 8.82. The molecule has 0 heterocycles. The fourth-order valence-electron chi connectivity index (χ4n) is 1.54. The van der Waals surface area contributed by atoms with Crippen molar-refractivity contribution in [3.8, 4) is 0 Å². The van der Waals surface area contributed by atoms with E-state index in [0.29, 0.717) is 0 Å². The molecule has 0 bridgehead atoms. The molecule has 1 unspecified atom stereocenters. The van der Waals surface area contributed by atoms with Crippen molar-refractivity contribution in [3.63, 3.8) is 0 Å². The first-order valence-corrected chi connectivity index (χ1v) is 5.78. The zero-order valence-electron chi connectivity index (χ0n) is 10.5. The highest BCUT2D eigenvalue weighted by atomic mass is 16.5. The second-order valence-electron chi connectivity index (χ2n) is 4.35. The first kappa shape index (κ1) is 13.7. The summed E-state index contributed by atoms with van der Waals surface area (Å²) < 4.78 is 5.50. The molecule has 0 spiro atoms. The fourth-order valence-corrected chi connectivity index (χ4v) is 1.54. The maximum Gasteiger partial charge on any atom is 0.0651 e. The highest BCUT2D eigenvalue weighted by molar-refractivity contribution is 4.98. The van der Waals surface area contributed by atoms with Gasteiger partial charge < -0.3 is 4.74 Å². The number of hydrogen-bond donors (Lipinski definition) is 0. The molecule has 1 nitrogen and oxygen atoms in total. The van der Waals surface area contributed by atoms with Gasteiger partial charge in [-0.1, -0.05) is 31.9 Å². The highest BCUT2D eigenvalue weighted by Gasteiger charge is 2.19. The molecule has 0 N–H and O–H groups in total. The van der Waals surface area contributed by atoms with Crippen molar-refractivity contribution in [2.24, 2.45) is 0 Å². The van der Waals surface area contributed by atoms with Crippen LogP contribution in [0.3, 0.4) is 0 Å². The van der Waals surface area contributed by atoms with Gasteiger partial charge in [0, 0.05) is 7.11 Å². The standard InChI is InChI=1S/C13H26O/c1-6-9-12(3)10-8-11-13(4,7-2)14-5/h10H,6-9,11H2,1-5H3/b12-10+. The Labute approximate surface area is 89.5 Å². The van der Waals surface area contributed by atoms with E-state index in [4.69, 9.17) is 4.74 Å². The van der Waals surface area contributed by atoms with Crippen LogP contribution in [-0.2, 0) is 4.74 Å². The zero-order valence-corrected chi connectivity index (χ0v) is 10.5. The topological polar surface area (TPSA) is 9.23 Å². The smallest absolute Gasteiger partial charge is 0.0651 e. The maximum absolute atomic E-state index is 5.50. The molecule has 0 saturated heterocycles. The van der Waals surface area contributed by atoms with E-state index in [1.54, 1.807) is 0 Å². The molecule has 0 saturated carbocycles. The summed E-state index contributed by atoms with van der Waals surface area (Å²) in [5.41, 5.74) is 1.59. The van der Waals surface area contributed by atoms with Crippen molar-refractivity contribution < 1.29 is 4.74 Å². The van der Waals surface area contributed by atoms with Gasteiger partial charge in [-0.25, -0.2) is 0 Å². The Bertz CT molecular complexity index is 166. The van der Waals surface area contributed by atoms with Crippen molar-refractivity contribution in [1.82, 2.24) is 0 Å². The van der Waals surface area contributed by atoms with Crippen LogP contribution in [0.15, 0.2) is 11.6 Å². The van der Waals surface area contributed by atoms with Gasteiger partial charge in [-0.3, -0.25) is 0 Å². The Kier molecular flexibility index (Phi) is 6.90. The van der Waals surface area contributed by atoms with E-state index < -0.39 is 0 Å². The average Bonchev–Trinajstić information content (AvgIpc) is 2.18. The summed E-state index contributed by atoms with van der Waals surface area (Å²) in [5.74, 6) is 0. The molecule has 0 aromatic carbocycles. The number of rotatable bonds is 7. The third-order valence-electron chi connectivity index (χ3n) is 3.05.